The average Bonchev–Trinajstić information content (AvgIpc) is 1.97. The molecular weight excluding hydrogens is 171 g/mol. The third-order valence-electron chi connectivity index (χ3n) is 1.87. The number of hydrogen-bond donors (Lipinski definition) is 4. The molecule has 1 fully saturated rings. The highest BCUT2D eigenvalue weighted by Gasteiger charge is 2.52. The maximum Gasteiger partial charge on any atom is 0.347 e. The van der Waals surface area contributed by atoms with Gasteiger partial charge in [-0.05, 0) is 6.92 Å². The van der Waals surface area contributed by atoms with E-state index in [0.29, 0.717) is 0 Å². The number of rotatable bonds is 0. The second-order valence-electron chi connectivity index (χ2n) is 2.86. The number of alkyl halides is 1. The second kappa shape index (κ2) is 2.90. The van der Waals surface area contributed by atoms with Crippen LogP contribution in [0.2, 0.25) is 0 Å². The molecule has 5 nitrogen and oxygen atoms in total. The van der Waals surface area contributed by atoms with Gasteiger partial charge in [-0.2, -0.15) is 4.39 Å². The standard InChI is InChI=1S/C6H11FO5/c1-2-3(8)4(9)5(10)6(7,11)12-2/h2-5,8-11H,1H3/t2-,3+,4+,5-,6-/m0/s1. The first-order valence-corrected chi connectivity index (χ1v) is 3.49. The molecule has 1 heterocycles. The summed E-state index contributed by atoms with van der Waals surface area (Å²) in [6.07, 6.45) is -6.37. The molecule has 0 amide bonds. The summed E-state index contributed by atoms with van der Waals surface area (Å²) in [6.45, 7) is 1.27. The molecule has 0 aliphatic carbocycles. The molecule has 0 bridgehead atoms. The summed E-state index contributed by atoms with van der Waals surface area (Å²) in [5, 5.41) is 35.5. The van der Waals surface area contributed by atoms with E-state index in [2.05, 4.69) is 4.74 Å². The molecule has 1 saturated heterocycles. The first-order valence-electron chi connectivity index (χ1n) is 3.49. The van der Waals surface area contributed by atoms with E-state index in [-0.39, 0.29) is 0 Å². The van der Waals surface area contributed by atoms with Crippen LogP contribution in [0.3, 0.4) is 0 Å². The van der Waals surface area contributed by atoms with Crippen LogP contribution in [0.5, 0.6) is 0 Å². The molecule has 0 spiro atoms. The zero-order chi connectivity index (χ0) is 9.52. The number of ether oxygens (including phenoxy) is 1. The molecule has 12 heavy (non-hydrogen) atoms. The predicted molar refractivity (Wildman–Crippen MR) is 34.6 cm³/mol. The first-order chi connectivity index (χ1) is 5.36. The molecule has 1 rings (SSSR count). The van der Waals surface area contributed by atoms with E-state index in [1.807, 2.05) is 0 Å². The summed E-state index contributed by atoms with van der Waals surface area (Å²) in [7, 11) is 0. The molecule has 1 aliphatic rings. The van der Waals surface area contributed by atoms with Crippen LogP contribution < -0.4 is 0 Å². The van der Waals surface area contributed by atoms with Crippen molar-refractivity contribution >= 4 is 0 Å². The molecule has 0 radical (unpaired) electrons. The highest BCUT2D eigenvalue weighted by atomic mass is 19.2. The van der Waals surface area contributed by atoms with E-state index in [4.69, 9.17) is 20.4 Å². The van der Waals surface area contributed by atoms with Crippen LogP contribution >= 0.6 is 0 Å². The van der Waals surface area contributed by atoms with Crippen molar-refractivity contribution in [3.05, 3.63) is 0 Å². The van der Waals surface area contributed by atoms with Gasteiger partial charge in [0.15, 0.2) is 6.10 Å². The number of hydrogen-bond acceptors (Lipinski definition) is 5. The van der Waals surface area contributed by atoms with Crippen molar-refractivity contribution in [2.45, 2.75) is 37.4 Å². The Morgan fingerprint density at radius 3 is 2.25 bits per heavy atom. The fourth-order valence-electron chi connectivity index (χ4n) is 1.08. The topological polar surface area (TPSA) is 90.2 Å². The first kappa shape index (κ1) is 9.82. The lowest BCUT2D eigenvalue weighted by Gasteiger charge is -2.39. The third kappa shape index (κ3) is 1.44. The van der Waals surface area contributed by atoms with Crippen LogP contribution in [0.25, 0.3) is 0 Å². The minimum absolute atomic E-state index is 1.07. The van der Waals surface area contributed by atoms with E-state index in [1.54, 1.807) is 0 Å². The maximum atomic E-state index is 12.8. The normalized spacial score (nSPS) is 55.5. The molecule has 0 aromatic rings. The van der Waals surface area contributed by atoms with E-state index >= 15 is 0 Å². The Balaban J connectivity index is 2.78. The highest BCUT2D eigenvalue weighted by molar-refractivity contribution is 4.89. The summed E-state index contributed by atoms with van der Waals surface area (Å²) in [5.41, 5.74) is 0. The van der Waals surface area contributed by atoms with Crippen LogP contribution in [0.15, 0.2) is 0 Å². The average molecular weight is 182 g/mol. The molecule has 0 saturated carbocycles. The quantitative estimate of drug-likeness (QED) is 0.351. The lowest BCUT2D eigenvalue weighted by atomic mass is 9.99. The SMILES string of the molecule is C[C@@H]1O[C@](O)(F)[C@@H](O)[C@H](O)[C@@H]1O. The van der Waals surface area contributed by atoms with Crippen molar-refractivity contribution in [2.24, 2.45) is 0 Å². The van der Waals surface area contributed by atoms with Crippen molar-refractivity contribution in [3.8, 4) is 0 Å². The molecule has 1 aliphatic heterocycles. The van der Waals surface area contributed by atoms with Crippen LogP contribution in [0, 0.1) is 0 Å². The van der Waals surface area contributed by atoms with Gasteiger partial charge in [0.1, 0.15) is 12.2 Å². The summed E-state index contributed by atoms with van der Waals surface area (Å²) in [5.74, 6) is 0. The van der Waals surface area contributed by atoms with Gasteiger partial charge in [0.05, 0.1) is 6.10 Å². The zero-order valence-electron chi connectivity index (χ0n) is 6.38. The number of halogens is 1. The van der Waals surface area contributed by atoms with Crippen molar-refractivity contribution in [2.75, 3.05) is 0 Å². The second-order valence-corrected chi connectivity index (χ2v) is 2.86. The molecule has 6 heteroatoms. The zero-order valence-corrected chi connectivity index (χ0v) is 6.38. The van der Waals surface area contributed by atoms with Crippen LogP contribution in [0.4, 0.5) is 4.39 Å². The van der Waals surface area contributed by atoms with Gasteiger partial charge in [0, 0.05) is 0 Å². The number of aliphatic hydroxyl groups excluding tert-OH is 3. The van der Waals surface area contributed by atoms with Crippen molar-refractivity contribution in [1.82, 2.24) is 0 Å². The summed E-state index contributed by atoms with van der Waals surface area (Å²) in [4.78, 5) is 0. The van der Waals surface area contributed by atoms with Gasteiger partial charge in [0.25, 0.3) is 0 Å². The van der Waals surface area contributed by atoms with Gasteiger partial charge in [-0.25, -0.2) is 0 Å². The van der Waals surface area contributed by atoms with E-state index < -0.39 is 30.5 Å². The van der Waals surface area contributed by atoms with Crippen molar-refractivity contribution < 1.29 is 29.6 Å². The minimum atomic E-state index is -3.29. The van der Waals surface area contributed by atoms with Gasteiger partial charge in [0.2, 0.25) is 0 Å². The minimum Gasteiger partial charge on any atom is -0.388 e. The smallest absolute Gasteiger partial charge is 0.347 e. The Morgan fingerprint density at radius 1 is 1.25 bits per heavy atom. The molecule has 0 aromatic heterocycles. The van der Waals surface area contributed by atoms with E-state index in [9.17, 15) is 4.39 Å². The van der Waals surface area contributed by atoms with Crippen molar-refractivity contribution in [3.63, 3.8) is 0 Å². The van der Waals surface area contributed by atoms with Crippen LogP contribution in [-0.2, 0) is 4.74 Å². The molecule has 0 aromatic carbocycles. The fraction of sp³-hybridized carbons (Fsp3) is 1.00. The Morgan fingerprint density at radius 2 is 1.75 bits per heavy atom. The number of aliphatic hydroxyl groups is 4. The molecular formula is C6H11FO5. The summed E-state index contributed by atoms with van der Waals surface area (Å²) < 4.78 is 16.9. The van der Waals surface area contributed by atoms with Gasteiger partial charge in [-0.1, -0.05) is 0 Å². The molecule has 5 atom stereocenters. The third-order valence-corrected chi connectivity index (χ3v) is 1.87. The Hall–Kier alpha value is -0.270. The van der Waals surface area contributed by atoms with Gasteiger partial charge < -0.3 is 25.2 Å². The molecule has 72 valence electrons. The Kier molecular flexibility index (Phi) is 2.37. The van der Waals surface area contributed by atoms with Gasteiger partial charge in [-0.3, -0.25) is 0 Å². The monoisotopic (exact) mass is 182 g/mol. The predicted octanol–water partition coefficient (Wildman–Crippen LogP) is -1.90. The van der Waals surface area contributed by atoms with Crippen LogP contribution in [-0.4, -0.2) is 50.9 Å². The van der Waals surface area contributed by atoms with Crippen LogP contribution in [0.1, 0.15) is 6.92 Å². The summed E-state index contributed by atoms with van der Waals surface area (Å²) >= 11 is 0. The van der Waals surface area contributed by atoms with Crippen molar-refractivity contribution in [1.29, 1.82) is 0 Å². The van der Waals surface area contributed by atoms with E-state index in [1.165, 1.54) is 6.92 Å². The molecule has 4 N–H and O–H groups in total. The lowest BCUT2D eigenvalue weighted by Crippen LogP contribution is -2.61. The van der Waals surface area contributed by atoms with E-state index in [0.717, 1.165) is 0 Å². The van der Waals surface area contributed by atoms with Gasteiger partial charge in [-0.15, -0.1) is 0 Å². The lowest BCUT2D eigenvalue weighted by molar-refractivity contribution is -0.398. The summed E-state index contributed by atoms with van der Waals surface area (Å²) in [6, 6.07) is -3.29. The maximum absolute atomic E-state index is 12.8. The van der Waals surface area contributed by atoms with Gasteiger partial charge >= 0.3 is 6.04 Å². The highest BCUT2D eigenvalue weighted by Crippen LogP contribution is 2.28. The largest absolute Gasteiger partial charge is 0.388 e. The fourth-order valence-corrected chi connectivity index (χ4v) is 1.08. The Bertz CT molecular complexity index is 173. The Labute approximate surface area is 68.0 Å². The molecule has 0 unspecified atom stereocenters.